The quantitative estimate of drug-likeness (QED) is 0.404. The second-order valence-corrected chi connectivity index (χ2v) is 7.64. The summed E-state index contributed by atoms with van der Waals surface area (Å²) >= 11 is 0. The molecule has 3 heteroatoms. The minimum absolute atomic E-state index is 0.740. The van der Waals surface area contributed by atoms with E-state index >= 15 is 0 Å². The van der Waals surface area contributed by atoms with Gasteiger partial charge in [-0.1, -0.05) is 70.2 Å². The zero-order chi connectivity index (χ0) is 21.3. The maximum Gasteiger partial charge on any atom is 0.0598 e. The summed E-state index contributed by atoms with van der Waals surface area (Å²) in [6.07, 6.45) is 4.13. The first kappa shape index (κ1) is 21.9. The van der Waals surface area contributed by atoms with Crippen molar-refractivity contribution < 1.29 is 0 Å². The topological polar surface area (TPSA) is 37.0 Å². The molecule has 0 spiro atoms. The largest absolute Gasteiger partial charge is 0.379 e. The van der Waals surface area contributed by atoms with Crippen molar-refractivity contribution in [3.8, 4) is 0 Å². The fourth-order valence-electron chi connectivity index (χ4n) is 4.02. The predicted octanol–water partition coefficient (Wildman–Crippen LogP) is 6.56. The average Bonchev–Trinajstić information content (AvgIpc) is 2.80. The molecular formula is C27H35N3. The van der Waals surface area contributed by atoms with Gasteiger partial charge < -0.3 is 10.6 Å². The summed E-state index contributed by atoms with van der Waals surface area (Å²) in [7, 11) is 0. The molecule has 2 aromatic carbocycles. The Morgan fingerprint density at radius 3 is 1.20 bits per heavy atom. The van der Waals surface area contributed by atoms with Crippen LogP contribution in [0.1, 0.15) is 61.3 Å². The highest BCUT2D eigenvalue weighted by atomic mass is 14.9. The van der Waals surface area contributed by atoms with Gasteiger partial charge in [0.05, 0.1) is 24.5 Å². The smallest absolute Gasteiger partial charge is 0.0598 e. The molecule has 158 valence electrons. The van der Waals surface area contributed by atoms with Crippen LogP contribution in [0.15, 0.2) is 54.6 Å². The Labute approximate surface area is 182 Å². The molecule has 0 unspecified atom stereocenters. The summed E-state index contributed by atoms with van der Waals surface area (Å²) in [5.41, 5.74) is 10.2. The maximum atomic E-state index is 4.90. The number of nitrogens with one attached hydrogen (secondary N) is 2. The van der Waals surface area contributed by atoms with E-state index in [-0.39, 0.29) is 0 Å². The van der Waals surface area contributed by atoms with E-state index in [1.165, 1.54) is 33.6 Å². The average molecular weight is 402 g/mol. The van der Waals surface area contributed by atoms with Crippen LogP contribution < -0.4 is 10.6 Å². The fourth-order valence-corrected chi connectivity index (χ4v) is 4.02. The molecule has 0 radical (unpaired) electrons. The molecule has 0 fully saturated rings. The Hall–Kier alpha value is -2.81. The van der Waals surface area contributed by atoms with E-state index in [2.05, 4.69) is 92.9 Å². The first-order valence-electron chi connectivity index (χ1n) is 11.3. The maximum absolute atomic E-state index is 4.90. The second kappa shape index (κ2) is 10.8. The first-order chi connectivity index (χ1) is 14.7. The number of para-hydroxylation sites is 2. The Morgan fingerprint density at radius 2 is 0.867 bits per heavy atom. The van der Waals surface area contributed by atoms with E-state index in [0.717, 1.165) is 50.2 Å². The van der Waals surface area contributed by atoms with E-state index in [4.69, 9.17) is 4.98 Å². The Morgan fingerprint density at radius 1 is 0.533 bits per heavy atom. The van der Waals surface area contributed by atoms with E-state index in [0.29, 0.717) is 0 Å². The number of anilines is 2. The normalized spacial score (nSPS) is 10.8. The van der Waals surface area contributed by atoms with Crippen molar-refractivity contribution in [2.75, 3.05) is 10.6 Å². The highest BCUT2D eigenvalue weighted by molar-refractivity contribution is 5.59. The molecule has 0 atom stereocenters. The Balaban J connectivity index is 1.71. The van der Waals surface area contributed by atoms with Crippen molar-refractivity contribution in [2.45, 2.75) is 66.5 Å². The third-order valence-electron chi connectivity index (χ3n) is 5.75. The molecule has 3 nitrogen and oxygen atoms in total. The molecule has 0 aliphatic rings. The lowest BCUT2D eigenvalue weighted by Gasteiger charge is -2.17. The van der Waals surface area contributed by atoms with Crippen LogP contribution in [0, 0.1) is 0 Å². The molecule has 0 amide bonds. The lowest BCUT2D eigenvalue weighted by Crippen LogP contribution is -2.10. The summed E-state index contributed by atoms with van der Waals surface area (Å²) < 4.78 is 0. The van der Waals surface area contributed by atoms with Crippen LogP contribution in [-0.2, 0) is 38.8 Å². The van der Waals surface area contributed by atoms with Gasteiger partial charge in [0.1, 0.15) is 0 Å². The van der Waals surface area contributed by atoms with Crippen LogP contribution in [0.25, 0.3) is 0 Å². The van der Waals surface area contributed by atoms with Gasteiger partial charge in [0.2, 0.25) is 0 Å². The van der Waals surface area contributed by atoms with Crippen LogP contribution in [0.3, 0.4) is 0 Å². The standard InChI is InChI=1S/C27H35N3/c1-5-20-12-9-13-21(6-2)26(20)28-18-24-16-11-17-25(30-24)19-29-27-22(7-3)14-10-15-23(27)8-4/h9-17,28-29H,5-8,18-19H2,1-4H3. The minimum atomic E-state index is 0.740. The van der Waals surface area contributed by atoms with Gasteiger partial charge in [-0.3, -0.25) is 4.98 Å². The van der Waals surface area contributed by atoms with Gasteiger partial charge in [-0.2, -0.15) is 0 Å². The van der Waals surface area contributed by atoms with Crippen molar-refractivity contribution in [3.05, 3.63) is 88.2 Å². The SMILES string of the molecule is CCc1cccc(CC)c1NCc1cccc(CNc2c(CC)cccc2CC)n1. The van der Waals surface area contributed by atoms with Crippen molar-refractivity contribution in [1.29, 1.82) is 0 Å². The van der Waals surface area contributed by atoms with Crippen LogP contribution in [0.5, 0.6) is 0 Å². The number of benzene rings is 2. The van der Waals surface area contributed by atoms with Crippen molar-refractivity contribution in [1.82, 2.24) is 4.98 Å². The highest BCUT2D eigenvalue weighted by Crippen LogP contribution is 2.24. The van der Waals surface area contributed by atoms with Crippen LogP contribution in [0.2, 0.25) is 0 Å². The molecule has 3 rings (SSSR count). The number of pyridine rings is 1. The third kappa shape index (κ3) is 5.21. The van der Waals surface area contributed by atoms with Gasteiger partial charge in [-0.05, 0) is 60.1 Å². The molecule has 30 heavy (non-hydrogen) atoms. The zero-order valence-corrected chi connectivity index (χ0v) is 18.9. The van der Waals surface area contributed by atoms with Gasteiger partial charge in [0.15, 0.2) is 0 Å². The minimum Gasteiger partial charge on any atom is -0.379 e. The number of aryl methyl sites for hydroxylation is 4. The highest BCUT2D eigenvalue weighted by Gasteiger charge is 2.08. The molecule has 1 heterocycles. The summed E-state index contributed by atoms with van der Waals surface area (Å²) in [6.45, 7) is 10.3. The predicted molar refractivity (Wildman–Crippen MR) is 129 cm³/mol. The summed E-state index contributed by atoms with van der Waals surface area (Å²) in [5.74, 6) is 0. The number of hydrogen-bond acceptors (Lipinski definition) is 3. The van der Waals surface area contributed by atoms with Gasteiger partial charge in [-0.25, -0.2) is 0 Å². The lowest BCUT2D eigenvalue weighted by molar-refractivity contribution is 0.950. The summed E-state index contributed by atoms with van der Waals surface area (Å²) in [4.78, 5) is 4.90. The lowest BCUT2D eigenvalue weighted by atomic mass is 10.0. The summed E-state index contributed by atoms with van der Waals surface area (Å²) in [6, 6.07) is 19.5. The monoisotopic (exact) mass is 401 g/mol. The number of aromatic nitrogens is 1. The number of nitrogens with zero attached hydrogens (tertiary/aromatic N) is 1. The Bertz CT molecular complexity index is 843. The molecule has 0 saturated carbocycles. The van der Waals surface area contributed by atoms with Gasteiger partial charge in [0, 0.05) is 11.4 Å². The van der Waals surface area contributed by atoms with E-state index < -0.39 is 0 Å². The van der Waals surface area contributed by atoms with Crippen LogP contribution in [-0.4, -0.2) is 4.98 Å². The van der Waals surface area contributed by atoms with E-state index in [1.807, 2.05) is 0 Å². The van der Waals surface area contributed by atoms with Gasteiger partial charge in [0.25, 0.3) is 0 Å². The molecule has 0 bridgehead atoms. The summed E-state index contributed by atoms with van der Waals surface area (Å²) in [5, 5.41) is 7.31. The third-order valence-corrected chi connectivity index (χ3v) is 5.75. The number of hydrogen-bond donors (Lipinski definition) is 2. The number of rotatable bonds is 10. The molecular weight excluding hydrogens is 366 g/mol. The Kier molecular flexibility index (Phi) is 7.89. The second-order valence-electron chi connectivity index (χ2n) is 7.64. The zero-order valence-electron chi connectivity index (χ0n) is 18.9. The molecule has 2 N–H and O–H groups in total. The molecule has 0 aliphatic carbocycles. The van der Waals surface area contributed by atoms with Gasteiger partial charge >= 0.3 is 0 Å². The fraction of sp³-hybridized carbons (Fsp3) is 0.370. The van der Waals surface area contributed by atoms with E-state index in [1.54, 1.807) is 0 Å². The van der Waals surface area contributed by atoms with E-state index in [9.17, 15) is 0 Å². The van der Waals surface area contributed by atoms with Crippen molar-refractivity contribution >= 4 is 11.4 Å². The first-order valence-corrected chi connectivity index (χ1v) is 11.3. The molecule has 0 aliphatic heterocycles. The van der Waals surface area contributed by atoms with Gasteiger partial charge in [-0.15, -0.1) is 0 Å². The van der Waals surface area contributed by atoms with Crippen molar-refractivity contribution in [3.63, 3.8) is 0 Å². The molecule has 3 aromatic rings. The van der Waals surface area contributed by atoms with Crippen LogP contribution >= 0.6 is 0 Å². The molecule has 1 aromatic heterocycles. The molecule has 0 saturated heterocycles. The van der Waals surface area contributed by atoms with Crippen molar-refractivity contribution in [2.24, 2.45) is 0 Å². The van der Waals surface area contributed by atoms with Crippen LogP contribution in [0.4, 0.5) is 11.4 Å².